The number of nitrogens with zero attached hydrogens (tertiary/aromatic N) is 1. The van der Waals surface area contributed by atoms with E-state index >= 15 is 0 Å². The summed E-state index contributed by atoms with van der Waals surface area (Å²) in [7, 11) is 0. The Hall–Kier alpha value is -1.99. The topological polar surface area (TPSA) is 56.6 Å². The highest BCUT2D eigenvalue weighted by Crippen LogP contribution is 2.32. The van der Waals surface area contributed by atoms with Crippen LogP contribution in [0.2, 0.25) is 0 Å². The molecule has 4 heteroatoms. The molecule has 0 saturated carbocycles. The van der Waals surface area contributed by atoms with Gasteiger partial charge in [-0.3, -0.25) is 4.79 Å². The zero-order valence-electron chi connectivity index (χ0n) is 12.6. The van der Waals surface area contributed by atoms with Gasteiger partial charge in [0.25, 0.3) is 5.56 Å². The van der Waals surface area contributed by atoms with Crippen LogP contribution in [0, 0.1) is 18.3 Å². The van der Waals surface area contributed by atoms with Gasteiger partial charge in [-0.15, -0.1) is 11.8 Å². The van der Waals surface area contributed by atoms with Crippen LogP contribution in [0.15, 0.2) is 34.1 Å². The maximum absolute atomic E-state index is 12.1. The normalized spacial score (nSPS) is 13.5. The summed E-state index contributed by atoms with van der Waals surface area (Å²) in [6.07, 6.45) is 3.99. The van der Waals surface area contributed by atoms with Crippen LogP contribution in [-0.4, -0.2) is 4.98 Å². The van der Waals surface area contributed by atoms with E-state index in [1.807, 2.05) is 12.1 Å². The number of aromatic nitrogens is 1. The summed E-state index contributed by atoms with van der Waals surface area (Å²) in [5.41, 5.74) is 4.78. The Morgan fingerprint density at radius 2 is 1.95 bits per heavy atom. The molecule has 0 spiro atoms. The summed E-state index contributed by atoms with van der Waals surface area (Å²) in [6, 6.07) is 10.4. The molecule has 0 saturated heterocycles. The molecule has 1 aromatic carbocycles. The summed E-state index contributed by atoms with van der Waals surface area (Å²) in [5, 5.41) is 10.2. The molecule has 0 unspecified atom stereocenters. The zero-order valence-corrected chi connectivity index (χ0v) is 13.4. The van der Waals surface area contributed by atoms with E-state index in [9.17, 15) is 10.1 Å². The molecule has 1 aromatic heterocycles. The third-order valence-corrected chi connectivity index (χ3v) is 5.34. The van der Waals surface area contributed by atoms with E-state index in [1.165, 1.54) is 16.7 Å². The van der Waals surface area contributed by atoms with Crippen molar-refractivity contribution < 1.29 is 0 Å². The Morgan fingerprint density at radius 1 is 1.23 bits per heavy atom. The van der Waals surface area contributed by atoms with Crippen molar-refractivity contribution in [3.05, 3.63) is 62.4 Å². The molecule has 1 aliphatic rings. The SMILES string of the molecule is Cc1ccccc1CSc1[nH]c(=O)c(C#N)c2c1CCCC2. The van der Waals surface area contributed by atoms with Crippen LogP contribution in [0.25, 0.3) is 0 Å². The highest BCUT2D eigenvalue weighted by atomic mass is 32.2. The number of nitriles is 1. The van der Waals surface area contributed by atoms with Gasteiger partial charge in [0.1, 0.15) is 11.6 Å². The summed E-state index contributed by atoms with van der Waals surface area (Å²) >= 11 is 1.67. The summed E-state index contributed by atoms with van der Waals surface area (Å²) in [4.78, 5) is 15.1. The minimum atomic E-state index is -0.240. The van der Waals surface area contributed by atoms with Crippen molar-refractivity contribution in [1.29, 1.82) is 5.26 Å². The van der Waals surface area contributed by atoms with Gasteiger partial charge in [0.15, 0.2) is 0 Å². The Bertz CT molecular complexity index is 802. The first-order valence-corrected chi connectivity index (χ1v) is 8.54. The average molecular weight is 310 g/mol. The summed E-state index contributed by atoms with van der Waals surface area (Å²) in [5.74, 6) is 0.834. The molecule has 1 aliphatic carbocycles. The number of aryl methyl sites for hydroxylation is 1. The number of benzene rings is 1. The molecule has 112 valence electrons. The van der Waals surface area contributed by atoms with E-state index < -0.39 is 0 Å². The molecule has 0 amide bonds. The standard InChI is InChI=1S/C18H18N2OS/c1-12-6-2-3-7-13(12)11-22-18-15-9-5-4-8-14(15)16(10-19)17(21)20-18/h2-3,6-7H,4-5,8-9,11H2,1H3,(H,20,21). The summed E-state index contributed by atoms with van der Waals surface area (Å²) in [6.45, 7) is 2.10. The number of hydrogen-bond acceptors (Lipinski definition) is 3. The van der Waals surface area contributed by atoms with Gasteiger partial charge >= 0.3 is 0 Å². The van der Waals surface area contributed by atoms with E-state index in [4.69, 9.17) is 0 Å². The van der Waals surface area contributed by atoms with Crippen LogP contribution in [0.1, 0.15) is 40.7 Å². The fraction of sp³-hybridized carbons (Fsp3) is 0.333. The van der Waals surface area contributed by atoms with Gasteiger partial charge in [-0.1, -0.05) is 24.3 Å². The first-order valence-electron chi connectivity index (χ1n) is 7.56. The highest BCUT2D eigenvalue weighted by Gasteiger charge is 2.20. The smallest absolute Gasteiger partial charge is 0.267 e. The Morgan fingerprint density at radius 3 is 2.68 bits per heavy atom. The molecule has 0 fully saturated rings. The number of fused-ring (bicyclic) bond motifs is 1. The Balaban J connectivity index is 1.95. The molecular weight excluding hydrogens is 292 g/mol. The maximum Gasteiger partial charge on any atom is 0.267 e. The number of H-pyrrole nitrogens is 1. The third-order valence-electron chi connectivity index (χ3n) is 4.24. The molecule has 0 radical (unpaired) electrons. The lowest BCUT2D eigenvalue weighted by Gasteiger charge is -2.19. The van der Waals surface area contributed by atoms with Crippen LogP contribution in [0.5, 0.6) is 0 Å². The zero-order chi connectivity index (χ0) is 15.5. The number of nitrogens with one attached hydrogen (secondary N) is 1. The average Bonchev–Trinajstić information content (AvgIpc) is 2.54. The quantitative estimate of drug-likeness (QED) is 0.879. The van der Waals surface area contributed by atoms with Crippen LogP contribution >= 0.6 is 11.8 Å². The van der Waals surface area contributed by atoms with Gasteiger partial charge in [0.05, 0.1) is 5.03 Å². The molecular formula is C18H18N2OS. The van der Waals surface area contributed by atoms with E-state index in [2.05, 4.69) is 30.1 Å². The minimum absolute atomic E-state index is 0.240. The number of rotatable bonds is 3. The van der Waals surface area contributed by atoms with Gasteiger partial charge in [0, 0.05) is 5.75 Å². The van der Waals surface area contributed by atoms with Crippen LogP contribution < -0.4 is 5.56 Å². The van der Waals surface area contributed by atoms with E-state index in [0.29, 0.717) is 5.56 Å². The first kappa shape index (κ1) is 14.9. The van der Waals surface area contributed by atoms with E-state index in [1.54, 1.807) is 11.8 Å². The fourth-order valence-electron chi connectivity index (χ4n) is 2.97. The molecule has 3 nitrogen and oxygen atoms in total. The third kappa shape index (κ3) is 2.82. The second-order valence-electron chi connectivity index (χ2n) is 5.65. The second kappa shape index (κ2) is 6.41. The maximum atomic E-state index is 12.1. The van der Waals surface area contributed by atoms with Crippen molar-refractivity contribution in [2.45, 2.75) is 43.4 Å². The predicted octanol–water partition coefficient (Wildman–Crippen LogP) is 3.73. The largest absolute Gasteiger partial charge is 0.316 e. The van der Waals surface area contributed by atoms with Crippen LogP contribution in [-0.2, 0) is 18.6 Å². The van der Waals surface area contributed by atoms with Gasteiger partial charge in [-0.25, -0.2) is 0 Å². The van der Waals surface area contributed by atoms with Crippen molar-refractivity contribution in [2.24, 2.45) is 0 Å². The van der Waals surface area contributed by atoms with Gasteiger partial charge in [0.2, 0.25) is 0 Å². The van der Waals surface area contributed by atoms with Crippen molar-refractivity contribution in [3.63, 3.8) is 0 Å². The number of hydrogen-bond donors (Lipinski definition) is 1. The monoisotopic (exact) mass is 310 g/mol. The number of pyridine rings is 1. The van der Waals surface area contributed by atoms with Crippen molar-refractivity contribution in [2.75, 3.05) is 0 Å². The van der Waals surface area contributed by atoms with Crippen LogP contribution in [0.3, 0.4) is 0 Å². The van der Waals surface area contributed by atoms with E-state index in [-0.39, 0.29) is 5.56 Å². The molecule has 1 heterocycles. The lowest BCUT2D eigenvalue weighted by molar-refractivity contribution is 0.663. The van der Waals surface area contributed by atoms with Crippen molar-refractivity contribution in [1.82, 2.24) is 4.98 Å². The lowest BCUT2D eigenvalue weighted by atomic mass is 9.90. The highest BCUT2D eigenvalue weighted by molar-refractivity contribution is 7.98. The molecule has 0 bridgehead atoms. The van der Waals surface area contributed by atoms with Crippen molar-refractivity contribution >= 4 is 11.8 Å². The Labute approximate surface area is 134 Å². The van der Waals surface area contributed by atoms with Gasteiger partial charge < -0.3 is 4.98 Å². The number of aromatic amines is 1. The molecule has 2 aromatic rings. The molecule has 0 atom stereocenters. The van der Waals surface area contributed by atoms with Gasteiger partial charge in [-0.2, -0.15) is 5.26 Å². The predicted molar refractivity (Wildman–Crippen MR) is 89.2 cm³/mol. The Kier molecular flexibility index (Phi) is 4.35. The van der Waals surface area contributed by atoms with Gasteiger partial charge in [-0.05, 0) is 54.9 Å². The first-order chi connectivity index (χ1) is 10.7. The lowest BCUT2D eigenvalue weighted by Crippen LogP contribution is -2.20. The second-order valence-corrected chi connectivity index (χ2v) is 6.64. The molecule has 3 rings (SSSR count). The fourth-order valence-corrected chi connectivity index (χ4v) is 4.16. The summed E-state index contributed by atoms with van der Waals surface area (Å²) < 4.78 is 0. The molecule has 22 heavy (non-hydrogen) atoms. The minimum Gasteiger partial charge on any atom is -0.316 e. The van der Waals surface area contributed by atoms with Crippen LogP contribution in [0.4, 0.5) is 0 Å². The van der Waals surface area contributed by atoms with E-state index in [0.717, 1.165) is 42.0 Å². The molecule has 0 aliphatic heterocycles. The number of thioether (sulfide) groups is 1. The molecule has 1 N–H and O–H groups in total. The van der Waals surface area contributed by atoms with Crippen molar-refractivity contribution in [3.8, 4) is 6.07 Å².